The van der Waals surface area contributed by atoms with Crippen LogP contribution in [0.25, 0.3) is 0 Å². The minimum Gasteiger partial charge on any atom is -0.243 e. The Morgan fingerprint density at radius 1 is 1.44 bits per heavy atom. The van der Waals surface area contributed by atoms with Gasteiger partial charge in [-0.15, -0.1) is 0 Å². The molecule has 0 spiro atoms. The summed E-state index contributed by atoms with van der Waals surface area (Å²) >= 11 is 1.79. The summed E-state index contributed by atoms with van der Waals surface area (Å²) in [6.07, 6.45) is 6.74. The van der Waals surface area contributed by atoms with E-state index in [9.17, 15) is 4.39 Å². The van der Waals surface area contributed by atoms with Gasteiger partial charge >= 0.3 is 0 Å². The molecule has 9 heavy (non-hydrogen) atoms. The van der Waals surface area contributed by atoms with Crippen molar-refractivity contribution in [2.75, 3.05) is 6.26 Å². The van der Waals surface area contributed by atoms with E-state index >= 15 is 0 Å². The zero-order valence-corrected chi connectivity index (χ0v) is 6.33. The van der Waals surface area contributed by atoms with Gasteiger partial charge in [0.15, 0.2) is 0 Å². The third-order valence-electron chi connectivity index (χ3n) is 1.56. The molecule has 0 amide bonds. The molecule has 0 saturated carbocycles. The molecule has 2 atom stereocenters. The summed E-state index contributed by atoms with van der Waals surface area (Å²) in [6.45, 7) is 0. The molecule has 1 rings (SSSR count). The van der Waals surface area contributed by atoms with Crippen molar-refractivity contribution in [3.63, 3.8) is 0 Å². The van der Waals surface area contributed by atoms with E-state index in [1.165, 1.54) is 0 Å². The molecule has 0 aromatic rings. The topological polar surface area (TPSA) is 0 Å². The number of hydrogen-bond donors (Lipinski definition) is 0. The molecule has 0 nitrogen and oxygen atoms in total. The second-order valence-electron chi connectivity index (χ2n) is 2.25. The molecule has 0 heterocycles. The molecule has 0 aromatic heterocycles. The largest absolute Gasteiger partial charge is 0.243 e. The van der Waals surface area contributed by atoms with Crippen LogP contribution in [0.3, 0.4) is 0 Å². The lowest BCUT2D eigenvalue weighted by Crippen LogP contribution is -2.09. The van der Waals surface area contributed by atoms with Crippen molar-refractivity contribution in [1.29, 1.82) is 0 Å². The first-order chi connectivity index (χ1) is 4.33. The Labute approximate surface area is 59.5 Å². The molecule has 0 unspecified atom stereocenters. The second kappa shape index (κ2) is 3.25. The maximum Gasteiger partial charge on any atom is 0.118 e. The summed E-state index contributed by atoms with van der Waals surface area (Å²) in [5, 5.41) is 0.567. The van der Waals surface area contributed by atoms with Crippen molar-refractivity contribution in [2.24, 2.45) is 0 Å². The van der Waals surface area contributed by atoms with Crippen LogP contribution in [0.5, 0.6) is 0 Å². The van der Waals surface area contributed by atoms with E-state index in [0.717, 1.165) is 6.42 Å². The van der Waals surface area contributed by atoms with Gasteiger partial charge in [0.1, 0.15) is 6.17 Å². The van der Waals surface area contributed by atoms with Crippen LogP contribution in [0.15, 0.2) is 12.2 Å². The van der Waals surface area contributed by atoms with Crippen LogP contribution < -0.4 is 0 Å². The Hall–Kier alpha value is 0.0200. The van der Waals surface area contributed by atoms with Crippen molar-refractivity contribution in [3.05, 3.63) is 12.2 Å². The fourth-order valence-electron chi connectivity index (χ4n) is 0.957. The molecule has 1 aliphatic rings. The zero-order valence-electron chi connectivity index (χ0n) is 5.51. The molecule has 2 heteroatoms. The minimum absolute atomic E-state index is 0.567. The first-order valence-electron chi connectivity index (χ1n) is 3.18. The monoisotopic (exact) mass is 146 g/mol. The second-order valence-corrected chi connectivity index (χ2v) is 3.33. The number of allylic oxidation sites excluding steroid dienone is 1. The summed E-state index contributed by atoms with van der Waals surface area (Å²) in [7, 11) is 0. The molecule has 52 valence electrons. The highest BCUT2D eigenvalue weighted by atomic mass is 32.2. The first-order valence-corrected chi connectivity index (χ1v) is 4.47. The Morgan fingerprint density at radius 3 is 2.67 bits per heavy atom. The molecule has 0 radical (unpaired) electrons. The van der Waals surface area contributed by atoms with E-state index in [-0.39, 0.29) is 0 Å². The summed E-state index contributed by atoms with van der Waals surface area (Å²) < 4.78 is 12.4. The number of rotatable bonds is 1. The standard InChI is InChI=1S/C7H11FS/c1-9-7-4-2-6(8)3-5-7/h2,4,6-7H,3,5H2,1H3/t6-,7-/m1/s1. The third-order valence-corrected chi connectivity index (χ3v) is 2.56. The van der Waals surface area contributed by atoms with E-state index in [1.54, 1.807) is 17.8 Å². The quantitative estimate of drug-likeness (QED) is 0.512. The molecule has 0 bridgehead atoms. The predicted molar refractivity (Wildman–Crippen MR) is 40.6 cm³/mol. The van der Waals surface area contributed by atoms with Gasteiger partial charge < -0.3 is 0 Å². The van der Waals surface area contributed by atoms with Gasteiger partial charge in [-0.3, -0.25) is 0 Å². The fourth-order valence-corrected chi connectivity index (χ4v) is 1.58. The molecule has 0 fully saturated rings. The molecular weight excluding hydrogens is 135 g/mol. The Balaban J connectivity index is 2.38. The van der Waals surface area contributed by atoms with Gasteiger partial charge in [0.05, 0.1) is 0 Å². The zero-order chi connectivity index (χ0) is 6.69. The summed E-state index contributed by atoms with van der Waals surface area (Å²) in [5.74, 6) is 0. The number of hydrogen-bond acceptors (Lipinski definition) is 1. The summed E-state index contributed by atoms with van der Waals surface area (Å²) in [6, 6.07) is 0. The van der Waals surface area contributed by atoms with E-state index in [4.69, 9.17) is 0 Å². The highest BCUT2D eigenvalue weighted by Gasteiger charge is 2.12. The van der Waals surface area contributed by atoms with Gasteiger partial charge in [0.25, 0.3) is 0 Å². The van der Waals surface area contributed by atoms with Gasteiger partial charge in [0.2, 0.25) is 0 Å². The number of alkyl halides is 1. The number of halogens is 1. The SMILES string of the molecule is CS[C@@H]1C=C[C@@H](F)CC1. The molecule has 0 aliphatic heterocycles. The van der Waals surface area contributed by atoms with Gasteiger partial charge in [-0.2, -0.15) is 11.8 Å². The van der Waals surface area contributed by atoms with Crippen LogP contribution in [0.4, 0.5) is 4.39 Å². The maximum absolute atomic E-state index is 12.4. The molecular formula is C7H11FS. The van der Waals surface area contributed by atoms with E-state index in [0.29, 0.717) is 11.7 Å². The minimum atomic E-state index is -0.673. The van der Waals surface area contributed by atoms with Crippen LogP contribution in [-0.4, -0.2) is 17.7 Å². The molecule has 0 N–H and O–H groups in total. The Bertz CT molecular complexity index is 111. The average molecular weight is 146 g/mol. The Morgan fingerprint density at radius 2 is 2.22 bits per heavy atom. The van der Waals surface area contributed by atoms with Crippen LogP contribution >= 0.6 is 11.8 Å². The van der Waals surface area contributed by atoms with Crippen molar-refractivity contribution < 1.29 is 4.39 Å². The lowest BCUT2D eigenvalue weighted by molar-refractivity contribution is 0.363. The predicted octanol–water partition coefficient (Wildman–Crippen LogP) is 2.41. The summed E-state index contributed by atoms with van der Waals surface area (Å²) in [5.41, 5.74) is 0. The molecule has 0 aromatic carbocycles. The van der Waals surface area contributed by atoms with Crippen molar-refractivity contribution in [3.8, 4) is 0 Å². The van der Waals surface area contributed by atoms with Gasteiger partial charge in [-0.05, 0) is 19.1 Å². The van der Waals surface area contributed by atoms with E-state index < -0.39 is 6.17 Å². The Kier molecular flexibility index (Phi) is 2.58. The molecule has 1 aliphatic carbocycles. The first kappa shape index (κ1) is 7.13. The average Bonchev–Trinajstić information content (AvgIpc) is 1.90. The van der Waals surface area contributed by atoms with Crippen molar-refractivity contribution >= 4 is 11.8 Å². The van der Waals surface area contributed by atoms with Gasteiger partial charge in [-0.1, -0.05) is 12.2 Å². The lowest BCUT2D eigenvalue weighted by atomic mass is 10.1. The van der Waals surface area contributed by atoms with Crippen LogP contribution in [-0.2, 0) is 0 Å². The highest BCUT2D eigenvalue weighted by Crippen LogP contribution is 2.22. The fraction of sp³-hybridized carbons (Fsp3) is 0.714. The van der Waals surface area contributed by atoms with Crippen molar-refractivity contribution in [1.82, 2.24) is 0 Å². The van der Waals surface area contributed by atoms with E-state index in [1.807, 2.05) is 6.08 Å². The summed E-state index contributed by atoms with van der Waals surface area (Å²) in [4.78, 5) is 0. The third kappa shape index (κ3) is 2.01. The molecule has 0 saturated heterocycles. The van der Waals surface area contributed by atoms with Crippen LogP contribution in [0.2, 0.25) is 0 Å². The maximum atomic E-state index is 12.4. The van der Waals surface area contributed by atoms with Gasteiger partial charge in [0, 0.05) is 5.25 Å². The van der Waals surface area contributed by atoms with Gasteiger partial charge in [-0.25, -0.2) is 4.39 Å². The normalized spacial score (nSPS) is 34.9. The smallest absolute Gasteiger partial charge is 0.118 e. The van der Waals surface area contributed by atoms with Crippen molar-refractivity contribution in [2.45, 2.75) is 24.3 Å². The highest BCUT2D eigenvalue weighted by molar-refractivity contribution is 7.99. The van der Waals surface area contributed by atoms with Crippen LogP contribution in [0, 0.1) is 0 Å². The number of thioether (sulfide) groups is 1. The lowest BCUT2D eigenvalue weighted by Gasteiger charge is -2.15. The van der Waals surface area contributed by atoms with Crippen LogP contribution in [0.1, 0.15) is 12.8 Å². The van der Waals surface area contributed by atoms with E-state index in [2.05, 4.69) is 6.26 Å².